The zero-order valence-corrected chi connectivity index (χ0v) is 13.2. The Morgan fingerprint density at radius 3 is 1.70 bits per heavy atom. The van der Waals surface area contributed by atoms with Gasteiger partial charge in [-0.25, -0.2) is 0 Å². The average Bonchev–Trinajstić information content (AvgIpc) is 3.44. The second-order valence-electron chi connectivity index (χ2n) is 5.64. The summed E-state index contributed by atoms with van der Waals surface area (Å²) in [6.45, 7) is 6.00. The van der Waals surface area contributed by atoms with Gasteiger partial charge in [-0.3, -0.25) is 0 Å². The van der Waals surface area contributed by atoms with Crippen LogP contribution in [0.5, 0.6) is 5.75 Å². The number of ether oxygens (including phenoxy) is 6. The van der Waals surface area contributed by atoms with Gasteiger partial charge >= 0.3 is 0 Å². The lowest BCUT2D eigenvalue weighted by Gasteiger charge is -2.02. The van der Waals surface area contributed by atoms with E-state index in [4.69, 9.17) is 28.4 Å². The van der Waals surface area contributed by atoms with Crippen LogP contribution in [0.25, 0.3) is 0 Å². The minimum absolute atomic E-state index is 0.343. The summed E-state index contributed by atoms with van der Waals surface area (Å²) in [5.41, 5.74) is 0. The quantitative estimate of drug-likeness (QED) is 0.477. The van der Waals surface area contributed by atoms with Crippen molar-refractivity contribution in [2.45, 2.75) is 18.3 Å². The van der Waals surface area contributed by atoms with Crippen LogP contribution in [-0.4, -0.2) is 71.2 Å². The molecular weight excluding hydrogens is 300 g/mol. The molecule has 0 amide bonds. The largest absolute Gasteiger partial charge is 0.491 e. The number of epoxide rings is 3. The van der Waals surface area contributed by atoms with E-state index in [2.05, 4.69) is 0 Å². The Balaban J connectivity index is 0.000000136. The molecule has 0 N–H and O–H groups in total. The van der Waals surface area contributed by atoms with Crippen molar-refractivity contribution >= 4 is 0 Å². The van der Waals surface area contributed by atoms with E-state index in [0.29, 0.717) is 51.3 Å². The summed E-state index contributed by atoms with van der Waals surface area (Å²) in [5, 5.41) is 0. The lowest BCUT2D eigenvalue weighted by atomic mass is 10.3. The molecular formula is C17H24O6. The zero-order valence-electron chi connectivity index (χ0n) is 13.2. The third-order valence-electron chi connectivity index (χ3n) is 3.37. The summed E-state index contributed by atoms with van der Waals surface area (Å²) in [4.78, 5) is 0. The SMILES string of the molecule is C(COCC1CO1)OCC1CO1.c1ccc(OCC2CO2)cc1. The minimum Gasteiger partial charge on any atom is -0.491 e. The van der Waals surface area contributed by atoms with E-state index in [1.807, 2.05) is 30.3 Å². The number of para-hydroxylation sites is 1. The van der Waals surface area contributed by atoms with Crippen LogP contribution < -0.4 is 4.74 Å². The second-order valence-corrected chi connectivity index (χ2v) is 5.64. The molecule has 3 aliphatic rings. The molecule has 1 aromatic carbocycles. The molecule has 0 bridgehead atoms. The average molecular weight is 324 g/mol. The molecule has 0 saturated carbocycles. The summed E-state index contributed by atoms with van der Waals surface area (Å²) in [7, 11) is 0. The van der Waals surface area contributed by atoms with E-state index in [0.717, 1.165) is 25.6 Å². The molecule has 4 rings (SSSR count). The van der Waals surface area contributed by atoms with E-state index in [9.17, 15) is 0 Å². The minimum atomic E-state index is 0.343. The maximum absolute atomic E-state index is 5.40. The van der Waals surface area contributed by atoms with Crippen LogP contribution >= 0.6 is 0 Å². The fourth-order valence-electron chi connectivity index (χ4n) is 1.75. The smallest absolute Gasteiger partial charge is 0.119 e. The van der Waals surface area contributed by atoms with E-state index in [1.165, 1.54) is 0 Å². The van der Waals surface area contributed by atoms with Gasteiger partial charge in [0.25, 0.3) is 0 Å². The Morgan fingerprint density at radius 1 is 0.739 bits per heavy atom. The molecule has 3 heterocycles. The molecule has 3 atom stereocenters. The van der Waals surface area contributed by atoms with Gasteiger partial charge in [-0.05, 0) is 12.1 Å². The second kappa shape index (κ2) is 9.20. The molecule has 0 aromatic heterocycles. The predicted molar refractivity (Wildman–Crippen MR) is 82.8 cm³/mol. The zero-order chi connectivity index (χ0) is 15.7. The van der Waals surface area contributed by atoms with Crippen LogP contribution in [0.4, 0.5) is 0 Å². The van der Waals surface area contributed by atoms with Crippen LogP contribution in [-0.2, 0) is 23.7 Å². The summed E-state index contributed by atoms with van der Waals surface area (Å²) in [6, 6.07) is 9.79. The van der Waals surface area contributed by atoms with E-state index >= 15 is 0 Å². The molecule has 0 spiro atoms. The third kappa shape index (κ3) is 8.29. The van der Waals surface area contributed by atoms with Crippen LogP contribution in [0, 0.1) is 0 Å². The Labute approximate surface area is 136 Å². The fraction of sp³-hybridized carbons (Fsp3) is 0.647. The van der Waals surface area contributed by atoms with Crippen LogP contribution in [0.2, 0.25) is 0 Å². The molecule has 3 unspecified atom stereocenters. The lowest BCUT2D eigenvalue weighted by Crippen LogP contribution is -2.10. The molecule has 3 fully saturated rings. The van der Waals surface area contributed by atoms with Gasteiger partial charge in [0, 0.05) is 0 Å². The Morgan fingerprint density at radius 2 is 1.22 bits per heavy atom. The number of benzene rings is 1. The maximum Gasteiger partial charge on any atom is 0.119 e. The highest BCUT2D eigenvalue weighted by Gasteiger charge is 2.23. The monoisotopic (exact) mass is 324 g/mol. The highest BCUT2D eigenvalue weighted by atomic mass is 16.6. The normalized spacial score (nSPS) is 26.9. The van der Waals surface area contributed by atoms with Gasteiger partial charge in [-0.15, -0.1) is 0 Å². The first-order chi connectivity index (χ1) is 11.4. The van der Waals surface area contributed by atoms with E-state index < -0.39 is 0 Å². The highest BCUT2D eigenvalue weighted by Crippen LogP contribution is 2.13. The first-order valence-corrected chi connectivity index (χ1v) is 8.08. The molecule has 3 aliphatic heterocycles. The van der Waals surface area contributed by atoms with Crippen LogP contribution in [0.15, 0.2) is 30.3 Å². The third-order valence-corrected chi connectivity index (χ3v) is 3.37. The summed E-state index contributed by atoms with van der Waals surface area (Å²) in [6.07, 6.45) is 1.06. The van der Waals surface area contributed by atoms with Gasteiger partial charge in [0.05, 0.1) is 46.2 Å². The molecule has 0 aliphatic carbocycles. The number of rotatable bonds is 10. The Kier molecular flexibility index (Phi) is 6.67. The number of hydrogen-bond donors (Lipinski definition) is 0. The van der Waals surface area contributed by atoms with Crippen molar-refractivity contribution < 1.29 is 28.4 Å². The molecule has 6 nitrogen and oxygen atoms in total. The first-order valence-electron chi connectivity index (χ1n) is 8.08. The van der Waals surface area contributed by atoms with Crippen molar-refractivity contribution in [2.24, 2.45) is 0 Å². The molecule has 6 heteroatoms. The van der Waals surface area contributed by atoms with Gasteiger partial charge in [0.15, 0.2) is 0 Å². The van der Waals surface area contributed by atoms with Crippen molar-refractivity contribution in [2.75, 3.05) is 52.9 Å². The van der Waals surface area contributed by atoms with Gasteiger partial charge in [-0.1, -0.05) is 18.2 Å². The first kappa shape index (κ1) is 16.7. The van der Waals surface area contributed by atoms with Crippen molar-refractivity contribution in [3.05, 3.63) is 30.3 Å². The highest BCUT2D eigenvalue weighted by molar-refractivity contribution is 5.20. The Bertz CT molecular complexity index is 412. The molecule has 1 aromatic rings. The maximum atomic E-state index is 5.40. The van der Waals surface area contributed by atoms with Gasteiger partial charge < -0.3 is 28.4 Å². The van der Waals surface area contributed by atoms with Crippen LogP contribution in [0.1, 0.15) is 0 Å². The van der Waals surface area contributed by atoms with Crippen molar-refractivity contribution in [1.82, 2.24) is 0 Å². The summed E-state index contributed by atoms with van der Waals surface area (Å²) < 4.78 is 30.9. The molecule has 23 heavy (non-hydrogen) atoms. The van der Waals surface area contributed by atoms with Crippen LogP contribution in [0.3, 0.4) is 0 Å². The van der Waals surface area contributed by atoms with Gasteiger partial charge in [0.1, 0.15) is 30.7 Å². The lowest BCUT2D eigenvalue weighted by molar-refractivity contribution is 0.0366. The molecule has 3 saturated heterocycles. The molecule has 128 valence electrons. The van der Waals surface area contributed by atoms with Crippen molar-refractivity contribution in [3.8, 4) is 5.75 Å². The predicted octanol–water partition coefficient (Wildman–Crippen LogP) is 1.28. The Hall–Kier alpha value is -1.18. The van der Waals surface area contributed by atoms with Gasteiger partial charge in [0.2, 0.25) is 0 Å². The van der Waals surface area contributed by atoms with Gasteiger partial charge in [-0.2, -0.15) is 0 Å². The fourth-order valence-corrected chi connectivity index (χ4v) is 1.75. The van der Waals surface area contributed by atoms with Crippen molar-refractivity contribution in [3.63, 3.8) is 0 Å². The van der Waals surface area contributed by atoms with E-state index in [1.54, 1.807) is 0 Å². The van der Waals surface area contributed by atoms with Crippen molar-refractivity contribution in [1.29, 1.82) is 0 Å². The topological polar surface area (TPSA) is 65.3 Å². The summed E-state index contributed by atoms with van der Waals surface area (Å²) in [5.74, 6) is 0.919. The summed E-state index contributed by atoms with van der Waals surface area (Å²) >= 11 is 0. The molecule has 0 radical (unpaired) electrons. The standard InChI is InChI=1S/C9H10O2.C8H14O4/c1-2-4-8(5-3-1)10-6-9-7-11-9;1(9-3-7-5-11-7)2-10-4-8-6-12-8/h1-5,9H,6-7H2;7-8H,1-6H2. The van der Waals surface area contributed by atoms with E-state index in [-0.39, 0.29) is 0 Å². The number of hydrogen-bond acceptors (Lipinski definition) is 6.